The molecule has 0 rings (SSSR count). The van der Waals surface area contributed by atoms with Crippen molar-refractivity contribution in [3.05, 3.63) is 0 Å². The summed E-state index contributed by atoms with van der Waals surface area (Å²) in [6.07, 6.45) is 12.8. The van der Waals surface area contributed by atoms with E-state index in [-0.39, 0.29) is 6.61 Å². The van der Waals surface area contributed by atoms with Gasteiger partial charge < -0.3 is 18.1 Å². The summed E-state index contributed by atoms with van der Waals surface area (Å²) in [5, 5.41) is 0. The van der Waals surface area contributed by atoms with Gasteiger partial charge in [-0.25, -0.2) is 0 Å². The van der Waals surface area contributed by atoms with Gasteiger partial charge in [-0.2, -0.15) is 11.8 Å². The van der Waals surface area contributed by atoms with Gasteiger partial charge in [-0.1, -0.05) is 71.6 Å². The average Bonchev–Trinajstić information content (AvgIpc) is 2.73. The molecule has 0 saturated carbocycles. The minimum Gasteiger partial charge on any atom is -0.312 e. The zero-order valence-corrected chi connectivity index (χ0v) is 22.5. The van der Waals surface area contributed by atoms with Crippen molar-refractivity contribution < 1.29 is 27.2 Å². The van der Waals surface area contributed by atoms with Gasteiger partial charge in [-0.15, -0.1) is 0 Å². The van der Waals surface area contributed by atoms with Gasteiger partial charge in [0.25, 0.3) is 0 Å². The van der Waals surface area contributed by atoms with Crippen molar-refractivity contribution in [3.8, 4) is 0 Å². The molecular formula is C21H46O6P2S. The van der Waals surface area contributed by atoms with Crippen LogP contribution < -0.4 is 0 Å². The highest BCUT2D eigenvalue weighted by Crippen LogP contribution is 2.50. The Hall–Kier alpha value is 0.650. The molecule has 3 atom stereocenters. The summed E-state index contributed by atoms with van der Waals surface area (Å²) in [5.74, 6) is 1.65. The predicted octanol–water partition coefficient (Wildman–Crippen LogP) is 7.76. The molecule has 3 unspecified atom stereocenters. The van der Waals surface area contributed by atoms with E-state index in [1.54, 1.807) is 11.8 Å². The molecule has 0 N–H and O–H groups in total. The summed E-state index contributed by atoms with van der Waals surface area (Å²) in [6.45, 7) is 5.91. The quantitative estimate of drug-likeness (QED) is 0.114. The third kappa shape index (κ3) is 17.2. The van der Waals surface area contributed by atoms with Crippen molar-refractivity contribution in [3.63, 3.8) is 0 Å². The van der Waals surface area contributed by atoms with Crippen LogP contribution in [0.3, 0.4) is 0 Å². The normalized spacial score (nSPS) is 16.8. The largest absolute Gasteiger partial charge is 0.330 e. The summed E-state index contributed by atoms with van der Waals surface area (Å²) in [7, 11) is -3.51. The molecule has 0 aliphatic rings. The highest BCUT2D eigenvalue weighted by Gasteiger charge is 2.29. The van der Waals surface area contributed by atoms with E-state index in [2.05, 4.69) is 13.8 Å². The molecule has 30 heavy (non-hydrogen) atoms. The third-order valence-electron chi connectivity index (χ3n) is 4.90. The fourth-order valence-electron chi connectivity index (χ4n) is 2.90. The second-order valence-electron chi connectivity index (χ2n) is 7.75. The zero-order chi connectivity index (χ0) is 22.7. The summed E-state index contributed by atoms with van der Waals surface area (Å²) < 4.78 is 46.7. The molecule has 0 aromatic rings. The number of thioether (sulfide) groups is 1. The SMILES string of the molecule is CCCCCCCCP(=O)(OC)OC(COP(C)(=O)OC)CSCCCCCCC. The number of hydrogen-bond acceptors (Lipinski definition) is 7. The van der Waals surface area contributed by atoms with Crippen LogP contribution in [0, 0.1) is 0 Å². The molecular weight excluding hydrogens is 442 g/mol. The van der Waals surface area contributed by atoms with Gasteiger partial charge in [0.1, 0.15) is 6.10 Å². The molecule has 0 aliphatic carbocycles. The topological polar surface area (TPSA) is 71.1 Å². The first-order valence-electron chi connectivity index (χ1n) is 11.5. The molecule has 0 aromatic heterocycles. The molecule has 0 radical (unpaired) electrons. The van der Waals surface area contributed by atoms with E-state index in [0.717, 1.165) is 31.4 Å². The van der Waals surface area contributed by atoms with Gasteiger partial charge in [-0.3, -0.25) is 9.13 Å². The fraction of sp³-hybridized carbons (Fsp3) is 1.00. The lowest BCUT2D eigenvalue weighted by Crippen LogP contribution is -2.22. The smallest absolute Gasteiger partial charge is 0.312 e. The second kappa shape index (κ2) is 19.1. The van der Waals surface area contributed by atoms with Crippen LogP contribution in [0.1, 0.15) is 84.5 Å². The molecule has 0 aliphatic heterocycles. The summed E-state index contributed by atoms with van der Waals surface area (Å²) in [4.78, 5) is 0. The zero-order valence-electron chi connectivity index (χ0n) is 19.9. The van der Waals surface area contributed by atoms with Gasteiger partial charge in [0.15, 0.2) is 0 Å². The molecule has 0 saturated heterocycles. The lowest BCUT2D eigenvalue weighted by atomic mass is 10.1. The molecule has 0 amide bonds. The first-order valence-corrected chi connectivity index (χ1v) is 16.4. The van der Waals surface area contributed by atoms with E-state index < -0.39 is 21.3 Å². The lowest BCUT2D eigenvalue weighted by Gasteiger charge is -2.24. The molecule has 0 heterocycles. The van der Waals surface area contributed by atoms with E-state index >= 15 is 0 Å². The van der Waals surface area contributed by atoms with Crippen LogP contribution in [0.2, 0.25) is 0 Å². The van der Waals surface area contributed by atoms with E-state index in [1.807, 2.05) is 0 Å². The van der Waals surface area contributed by atoms with Crippen molar-refractivity contribution in [2.24, 2.45) is 0 Å². The highest BCUT2D eigenvalue weighted by atomic mass is 32.2. The fourth-order valence-corrected chi connectivity index (χ4v) is 6.12. The Bertz CT molecular complexity index is 492. The maximum atomic E-state index is 13.1. The molecule has 0 fully saturated rings. The lowest BCUT2D eigenvalue weighted by molar-refractivity contribution is 0.113. The third-order valence-corrected chi connectivity index (χ3v) is 9.40. The maximum Gasteiger partial charge on any atom is 0.330 e. The average molecular weight is 489 g/mol. The van der Waals surface area contributed by atoms with Crippen molar-refractivity contribution in [1.29, 1.82) is 0 Å². The van der Waals surface area contributed by atoms with Crippen molar-refractivity contribution in [1.82, 2.24) is 0 Å². The van der Waals surface area contributed by atoms with Crippen LogP contribution >= 0.6 is 27.0 Å². The standard InChI is InChI=1S/C21H46O6P2S/c1-6-8-10-12-13-15-17-29(23,25-4)27-21(19-26-28(5,22)24-3)20-30-18-16-14-11-9-7-2/h21H,6-20H2,1-5H3. The predicted molar refractivity (Wildman–Crippen MR) is 130 cm³/mol. The van der Waals surface area contributed by atoms with Crippen LogP contribution in [-0.2, 0) is 27.2 Å². The van der Waals surface area contributed by atoms with E-state index in [9.17, 15) is 9.13 Å². The van der Waals surface area contributed by atoms with Gasteiger partial charge in [-0.05, 0) is 18.6 Å². The Morgan fingerprint density at radius 3 is 1.93 bits per heavy atom. The van der Waals surface area contributed by atoms with Gasteiger partial charge in [0.05, 0.1) is 12.8 Å². The summed E-state index contributed by atoms with van der Waals surface area (Å²) in [6, 6.07) is 0. The maximum absolute atomic E-state index is 13.1. The Morgan fingerprint density at radius 2 is 1.37 bits per heavy atom. The molecule has 9 heteroatoms. The second-order valence-corrected chi connectivity index (χ2v) is 13.3. The first kappa shape index (κ1) is 30.6. The van der Waals surface area contributed by atoms with Crippen LogP contribution in [-0.4, -0.2) is 51.3 Å². The van der Waals surface area contributed by atoms with E-state index in [1.165, 1.54) is 65.8 Å². The van der Waals surface area contributed by atoms with Crippen molar-refractivity contribution in [2.45, 2.75) is 90.6 Å². The first-order chi connectivity index (χ1) is 14.3. The minimum atomic E-state index is -3.20. The van der Waals surface area contributed by atoms with Gasteiger partial charge in [0, 0.05) is 26.6 Å². The van der Waals surface area contributed by atoms with E-state index in [0.29, 0.717) is 11.9 Å². The molecule has 0 aromatic carbocycles. The van der Waals surface area contributed by atoms with Gasteiger partial charge in [0.2, 0.25) is 0 Å². The van der Waals surface area contributed by atoms with Crippen LogP contribution in [0.4, 0.5) is 0 Å². The molecule has 6 nitrogen and oxygen atoms in total. The Morgan fingerprint density at radius 1 is 0.800 bits per heavy atom. The van der Waals surface area contributed by atoms with Gasteiger partial charge >= 0.3 is 15.2 Å². The number of rotatable bonds is 22. The van der Waals surface area contributed by atoms with Crippen LogP contribution in [0.25, 0.3) is 0 Å². The monoisotopic (exact) mass is 488 g/mol. The Kier molecular flexibility index (Phi) is 19.6. The summed E-state index contributed by atoms with van der Waals surface area (Å²) in [5.41, 5.74) is 0. The number of unbranched alkanes of at least 4 members (excludes halogenated alkanes) is 9. The Labute approximate surface area is 190 Å². The van der Waals surface area contributed by atoms with Crippen molar-refractivity contribution >= 4 is 27.0 Å². The van der Waals surface area contributed by atoms with Crippen LogP contribution in [0.5, 0.6) is 0 Å². The molecule has 0 bridgehead atoms. The molecule has 182 valence electrons. The molecule has 0 spiro atoms. The number of hydrogen-bond donors (Lipinski definition) is 0. The van der Waals surface area contributed by atoms with E-state index in [4.69, 9.17) is 18.1 Å². The highest BCUT2D eigenvalue weighted by molar-refractivity contribution is 7.99. The minimum absolute atomic E-state index is 0.0777. The Balaban J connectivity index is 4.56. The summed E-state index contributed by atoms with van der Waals surface area (Å²) >= 11 is 1.75. The van der Waals surface area contributed by atoms with Crippen LogP contribution in [0.15, 0.2) is 0 Å². The van der Waals surface area contributed by atoms with Crippen molar-refractivity contribution in [2.75, 3.05) is 45.2 Å².